The number of nitrogens with one attached hydrogen (secondary N) is 1. The molecule has 2 aromatic carbocycles. The highest BCUT2D eigenvalue weighted by Gasteiger charge is 2.16. The van der Waals surface area contributed by atoms with E-state index in [1.807, 2.05) is 30.3 Å². The number of halogens is 1. The van der Waals surface area contributed by atoms with E-state index in [2.05, 4.69) is 5.32 Å². The van der Waals surface area contributed by atoms with Crippen molar-refractivity contribution in [2.75, 3.05) is 0 Å². The lowest BCUT2D eigenvalue weighted by molar-refractivity contribution is -0.148. The van der Waals surface area contributed by atoms with Gasteiger partial charge in [0.05, 0.1) is 0 Å². The second-order valence-corrected chi connectivity index (χ2v) is 5.53. The first-order chi connectivity index (χ1) is 12.5. The van der Waals surface area contributed by atoms with Crippen LogP contribution in [0.3, 0.4) is 0 Å². The molecule has 1 N–H and O–H groups in total. The van der Waals surface area contributed by atoms with Gasteiger partial charge in [0.25, 0.3) is 0 Å². The number of ketones is 1. The SMILES string of the molecule is C[C@H](NC(=O)/C=C/C(=O)c1ccc(F)cc1)C(=O)OCc1ccccc1. The number of benzene rings is 2. The van der Waals surface area contributed by atoms with Crippen molar-refractivity contribution in [1.29, 1.82) is 0 Å². The van der Waals surface area contributed by atoms with Crippen molar-refractivity contribution in [2.45, 2.75) is 19.6 Å². The van der Waals surface area contributed by atoms with Crippen LogP contribution < -0.4 is 5.32 Å². The molecule has 0 unspecified atom stereocenters. The van der Waals surface area contributed by atoms with E-state index in [-0.39, 0.29) is 12.2 Å². The lowest BCUT2D eigenvalue weighted by atomic mass is 10.1. The third kappa shape index (κ3) is 5.98. The highest BCUT2D eigenvalue weighted by molar-refractivity contribution is 6.07. The Kier molecular flexibility index (Phi) is 6.79. The van der Waals surface area contributed by atoms with Gasteiger partial charge in [-0.15, -0.1) is 0 Å². The van der Waals surface area contributed by atoms with Crippen LogP contribution in [-0.4, -0.2) is 23.7 Å². The van der Waals surface area contributed by atoms with Crippen molar-refractivity contribution in [2.24, 2.45) is 0 Å². The van der Waals surface area contributed by atoms with Crippen molar-refractivity contribution >= 4 is 17.7 Å². The summed E-state index contributed by atoms with van der Waals surface area (Å²) in [6.45, 7) is 1.60. The van der Waals surface area contributed by atoms with Crippen LogP contribution in [0.5, 0.6) is 0 Å². The number of ether oxygens (including phenoxy) is 1. The van der Waals surface area contributed by atoms with Crippen LogP contribution in [0.2, 0.25) is 0 Å². The molecule has 134 valence electrons. The molecule has 26 heavy (non-hydrogen) atoms. The van der Waals surface area contributed by atoms with Gasteiger partial charge in [0, 0.05) is 11.6 Å². The zero-order valence-corrected chi connectivity index (χ0v) is 14.1. The van der Waals surface area contributed by atoms with E-state index in [1.165, 1.54) is 19.1 Å². The molecule has 0 heterocycles. The molecule has 0 radical (unpaired) electrons. The Labute approximate surface area is 150 Å². The summed E-state index contributed by atoms with van der Waals surface area (Å²) in [5.41, 5.74) is 1.09. The normalized spacial score (nSPS) is 11.8. The van der Waals surface area contributed by atoms with E-state index >= 15 is 0 Å². The van der Waals surface area contributed by atoms with Crippen LogP contribution >= 0.6 is 0 Å². The molecule has 5 nitrogen and oxygen atoms in total. The fourth-order valence-corrected chi connectivity index (χ4v) is 2.04. The van der Waals surface area contributed by atoms with E-state index in [9.17, 15) is 18.8 Å². The Morgan fingerprint density at radius 1 is 1.04 bits per heavy atom. The first-order valence-electron chi connectivity index (χ1n) is 7.95. The zero-order chi connectivity index (χ0) is 18.9. The fraction of sp³-hybridized carbons (Fsp3) is 0.150. The maximum absolute atomic E-state index is 12.8. The van der Waals surface area contributed by atoms with Crippen molar-refractivity contribution in [3.63, 3.8) is 0 Å². The average Bonchev–Trinajstić information content (AvgIpc) is 2.65. The largest absolute Gasteiger partial charge is 0.459 e. The van der Waals surface area contributed by atoms with E-state index in [0.717, 1.165) is 29.8 Å². The molecular weight excluding hydrogens is 337 g/mol. The predicted molar refractivity (Wildman–Crippen MR) is 93.7 cm³/mol. The molecule has 0 saturated heterocycles. The third-order valence-corrected chi connectivity index (χ3v) is 3.45. The second kappa shape index (κ2) is 9.27. The van der Waals surface area contributed by atoms with Crippen molar-refractivity contribution in [3.05, 3.63) is 83.7 Å². The van der Waals surface area contributed by atoms with Gasteiger partial charge in [0.15, 0.2) is 5.78 Å². The van der Waals surface area contributed by atoms with Gasteiger partial charge in [-0.05, 0) is 42.8 Å². The molecular formula is C20H18FNO4. The Morgan fingerprint density at radius 2 is 1.69 bits per heavy atom. The van der Waals surface area contributed by atoms with E-state index in [0.29, 0.717) is 0 Å². The summed E-state index contributed by atoms with van der Waals surface area (Å²) in [5.74, 6) is -2.09. The highest BCUT2D eigenvalue weighted by Crippen LogP contribution is 2.05. The number of amides is 1. The number of allylic oxidation sites excluding steroid dienone is 1. The van der Waals surface area contributed by atoms with Crippen molar-refractivity contribution < 1.29 is 23.5 Å². The minimum Gasteiger partial charge on any atom is -0.459 e. The zero-order valence-electron chi connectivity index (χ0n) is 14.1. The number of carbonyl (C=O) groups excluding carboxylic acids is 3. The van der Waals surface area contributed by atoms with Crippen molar-refractivity contribution in [3.8, 4) is 0 Å². The number of carbonyl (C=O) groups is 3. The van der Waals surface area contributed by atoms with Crippen LogP contribution in [0.4, 0.5) is 4.39 Å². The van der Waals surface area contributed by atoms with Gasteiger partial charge in [-0.25, -0.2) is 9.18 Å². The molecule has 0 bridgehead atoms. The number of hydrogen-bond acceptors (Lipinski definition) is 4. The maximum atomic E-state index is 12.8. The van der Waals surface area contributed by atoms with Crippen LogP contribution in [0, 0.1) is 5.82 Å². The highest BCUT2D eigenvalue weighted by atomic mass is 19.1. The van der Waals surface area contributed by atoms with Crippen LogP contribution in [0.25, 0.3) is 0 Å². The van der Waals surface area contributed by atoms with Gasteiger partial charge in [0.1, 0.15) is 18.5 Å². The van der Waals surface area contributed by atoms with Gasteiger partial charge < -0.3 is 10.1 Å². The summed E-state index contributed by atoms with van der Waals surface area (Å²) in [7, 11) is 0. The Balaban J connectivity index is 1.81. The number of hydrogen-bond donors (Lipinski definition) is 1. The molecule has 2 aromatic rings. The molecule has 1 atom stereocenters. The van der Waals surface area contributed by atoms with Gasteiger partial charge in [-0.3, -0.25) is 9.59 Å². The molecule has 0 aliphatic carbocycles. The van der Waals surface area contributed by atoms with Gasteiger partial charge in [-0.1, -0.05) is 30.3 Å². The molecule has 0 aliphatic heterocycles. The van der Waals surface area contributed by atoms with E-state index in [4.69, 9.17) is 4.74 Å². The molecule has 0 aromatic heterocycles. The van der Waals surface area contributed by atoms with Gasteiger partial charge >= 0.3 is 5.97 Å². The Hall–Kier alpha value is -3.28. The summed E-state index contributed by atoms with van der Waals surface area (Å²) in [5, 5.41) is 2.42. The van der Waals surface area contributed by atoms with E-state index in [1.54, 1.807) is 0 Å². The third-order valence-electron chi connectivity index (χ3n) is 3.45. The minimum absolute atomic E-state index is 0.110. The molecule has 0 fully saturated rings. The summed E-state index contributed by atoms with van der Waals surface area (Å²) < 4.78 is 17.9. The monoisotopic (exact) mass is 355 g/mol. The minimum atomic E-state index is -0.864. The van der Waals surface area contributed by atoms with Crippen LogP contribution in [0.1, 0.15) is 22.8 Å². The summed E-state index contributed by atoms with van der Waals surface area (Å²) >= 11 is 0. The Bertz CT molecular complexity index is 800. The number of rotatable bonds is 7. The summed E-state index contributed by atoms with van der Waals surface area (Å²) in [6.07, 6.45) is 2.08. The standard InChI is InChI=1S/C20H18FNO4/c1-14(20(25)26-13-15-5-3-2-4-6-15)22-19(24)12-11-18(23)16-7-9-17(21)10-8-16/h2-12,14H,13H2,1H3,(H,22,24)/b12-11+/t14-/m0/s1. The topological polar surface area (TPSA) is 72.5 Å². The van der Waals surface area contributed by atoms with Crippen LogP contribution in [-0.2, 0) is 20.9 Å². The molecule has 0 aliphatic rings. The van der Waals surface area contributed by atoms with Crippen LogP contribution in [0.15, 0.2) is 66.7 Å². The molecule has 6 heteroatoms. The smallest absolute Gasteiger partial charge is 0.328 e. The maximum Gasteiger partial charge on any atom is 0.328 e. The lowest BCUT2D eigenvalue weighted by Gasteiger charge is -2.12. The first-order valence-corrected chi connectivity index (χ1v) is 7.95. The summed E-state index contributed by atoms with van der Waals surface area (Å²) in [4.78, 5) is 35.5. The fourth-order valence-electron chi connectivity index (χ4n) is 2.04. The molecule has 0 saturated carbocycles. The molecule has 0 spiro atoms. The van der Waals surface area contributed by atoms with E-state index < -0.39 is 29.5 Å². The second-order valence-electron chi connectivity index (χ2n) is 5.53. The number of esters is 1. The molecule has 2 rings (SSSR count). The predicted octanol–water partition coefficient (Wildman–Crippen LogP) is 2.81. The Morgan fingerprint density at radius 3 is 2.35 bits per heavy atom. The van der Waals surface area contributed by atoms with Crippen molar-refractivity contribution in [1.82, 2.24) is 5.32 Å². The molecule has 1 amide bonds. The average molecular weight is 355 g/mol. The quantitative estimate of drug-likeness (QED) is 0.471. The first kappa shape index (κ1) is 19.1. The summed E-state index contributed by atoms with van der Waals surface area (Å²) in [6, 6.07) is 13.3. The van der Waals surface area contributed by atoms with Gasteiger partial charge in [-0.2, -0.15) is 0 Å². The van der Waals surface area contributed by atoms with Gasteiger partial charge in [0.2, 0.25) is 5.91 Å². The lowest BCUT2D eigenvalue weighted by Crippen LogP contribution is -2.38.